The summed E-state index contributed by atoms with van der Waals surface area (Å²) in [6.45, 7) is 1.92. The van der Waals surface area contributed by atoms with E-state index in [1.54, 1.807) is 11.3 Å². The van der Waals surface area contributed by atoms with Gasteiger partial charge in [0, 0.05) is 10.0 Å². The highest BCUT2D eigenvalue weighted by atomic mass is 79.9. The molecule has 23 heavy (non-hydrogen) atoms. The molecular formula is C17H12BrN3OS. The van der Waals surface area contributed by atoms with Gasteiger partial charge >= 0.3 is 0 Å². The van der Waals surface area contributed by atoms with E-state index in [2.05, 4.69) is 26.5 Å². The summed E-state index contributed by atoms with van der Waals surface area (Å²) in [5.74, 6) is 2.31. The summed E-state index contributed by atoms with van der Waals surface area (Å²) >= 11 is 5.15. The molecular weight excluding hydrogens is 374 g/mol. The average Bonchev–Trinajstić information content (AvgIpc) is 3.17. The summed E-state index contributed by atoms with van der Waals surface area (Å²) in [5, 5.41) is 6.58. The monoisotopic (exact) mass is 385 g/mol. The van der Waals surface area contributed by atoms with Crippen LogP contribution >= 0.6 is 27.3 Å². The quantitative estimate of drug-likeness (QED) is 0.685. The van der Waals surface area contributed by atoms with E-state index in [1.165, 1.54) is 0 Å². The smallest absolute Gasteiger partial charge is 0.164 e. The van der Waals surface area contributed by atoms with Gasteiger partial charge in [-0.2, -0.15) is 5.10 Å². The molecule has 0 amide bonds. The maximum absolute atomic E-state index is 5.77. The summed E-state index contributed by atoms with van der Waals surface area (Å²) < 4.78 is 6.74. The number of benzene rings is 1. The summed E-state index contributed by atoms with van der Waals surface area (Å²) in [4.78, 5) is 5.79. The number of hydrazone groups is 1. The fourth-order valence-electron chi connectivity index (χ4n) is 2.38. The van der Waals surface area contributed by atoms with Crippen LogP contribution in [0, 0.1) is 6.92 Å². The molecule has 1 aliphatic heterocycles. The van der Waals surface area contributed by atoms with Gasteiger partial charge in [-0.05, 0) is 48.7 Å². The normalized spacial score (nSPS) is 13.7. The predicted molar refractivity (Wildman–Crippen MR) is 96.9 cm³/mol. The Balaban J connectivity index is 1.89. The van der Waals surface area contributed by atoms with Crippen LogP contribution in [-0.2, 0) is 0 Å². The fourth-order valence-corrected chi connectivity index (χ4v) is 3.41. The van der Waals surface area contributed by atoms with E-state index in [1.807, 2.05) is 54.8 Å². The van der Waals surface area contributed by atoms with E-state index < -0.39 is 0 Å². The molecule has 0 unspecified atom stereocenters. The van der Waals surface area contributed by atoms with Gasteiger partial charge in [-0.25, -0.2) is 4.99 Å². The van der Waals surface area contributed by atoms with Gasteiger partial charge in [0.15, 0.2) is 11.6 Å². The SMILES string of the molecule is Cc1ccc(C2=NNC(c3cccs3)=Nc3ccc(Br)cc32)o1. The third-order valence-corrected chi connectivity index (χ3v) is 4.82. The van der Waals surface area contributed by atoms with Crippen LogP contribution in [0.4, 0.5) is 5.69 Å². The molecule has 0 bridgehead atoms. The number of halogens is 1. The first kappa shape index (κ1) is 14.4. The minimum absolute atomic E-state index is 0.719. The predicted octanol–water partition coefficient (Wildman–Crippen LogP) is 4.85. The lowest BCUT2D eigenvalue weighted by Crippen LogP contribution is -2.18. The largest absolute Gasteiger partial charge is 0.460 e. The molecule has 4 nitrogen and oxygen atoms in total. The molecule has 6 heteroatoms. The first-order valence-electron chi connectivity index (χ1n) is 7.04. The number of nitrogens with one attached hydrogen (secondary N) is 1. The number of aliphatic imine (C=N–C) groups is 1. The zero-order valence-corrected chi connectivity index (χ0v) is 14.6. The van der Waals surface area contributed by atoms with Crippen LogP contribution in [0.15, 0.2) is 66.8 Å². The molecule has 1 aliphatic rings. The van der Waals surface area contributed by atoms with Crippen molar-refractivity contribution in [2.75, 3.05) is 0 Å². The first-order chi connectivity index (χ1) is 11.2. The van der Waals surface area contributed by atoms with Gasteiger partial charge in [0.25, 0.3) is 0 Å². The van der Waals surface area contributed by atoms with Crippen LogP contribution in [0.1, 0.15) is 22.0 Å². The lowest BCUT2D eigenvalue weighted by Gasteiger charge is -2.05. The number of furan rings is 1. The van der Waals surface area contributed by atoms with E-state index in [-0.39, 0.29) is 0 Å². The zero-order chi connectivity index (χ0) is 15.8. The van der Waals surface area contributed by atoms with Gasteiger partial charge in [-0.3, -0.25) is 5.43 Å². The van der Waals surface area contributed by atoms with E-state index in [0.717, 1.165) is 43.7 Å². The van der Waals surface area contributed by atoms with Crippen molar-refractivity contribution in [3.8, 4) is 0 Å². The molecule has 3 aromatic rings. The number of aryl methyl sites for hydroxylation is 1. The van der Waals surface area contributed by atoms with E-state index in [4.69, 9.17) is 9.41 Å². The molecule has 0 spiro atoms. The Bertz CT molecular complexity index is 925. The molecule has 1 aromatic carbocycles. The van der Waals surface area contributed by atoms with Gasteiger partial charge in [0.2, 0.25) is 0 Å². The highest BCUT2D eigenvalue weighted by molar-refractivity contribution is 9.10. The summed E-state index contributed by atoms with van der Waals surface area (Å²) in [7, 11) is 0. The molecule has 1 N–H and O–H groups in total. The van der Waals surface area contributed by atoms with Crippen LogP contribution in [0.25, 0.3) is 0 Å². The van der Waals surface area contributed by atoms with Crippen molar-refractivity contribution >= 4 is 44.5 Å². The molecule has 0 aliphatic carbocycles. The lowest BCUT2D eigenvalue weighted by atomic mass is 10.1. The van der Waals surface area contributed by atoms with Crippen LogP contribution in [-0.4, -0.2) is 11.5 Å². The third-order valence-electron chi connectivity index (χ3n) is 3.45. The summed E-state index contributed by atoms with van der Waals surface area (Å²) in [6, 6.07) is 13.8. The molecule has 0 fully saturated rings. The number of nitrogens with zero attached hydrogens (tertiary/aromatic N) is 2. The minimum Gasteiger partial charge on any atom is -0.460 e. The van der Waals surface area contributed by atoms with E-state index >= 15 is 0 Å². The van der Waals surface area contributed by atoms with Gasteiger partial charge < -0.3 is 4.42 Å². The van der Waals surface area contributed by atoms with Gasteiger partial charge in [0.1, 0.15) is 11.5 Å². The van der Waals surface area contributed by atoms with E-state index in [9.17, 15) is 0 Å². The summed E-state index contributed by atoms with van der Waals surface area (Å²) in [6.07, 6.45) is 0. The second-order valence-corrected chi connectivity index (χ2v) is 6.95. The zero-order valence-electron chi connectivity index (χ0n) is 12.2. The first-order valence-corrected chi connectivity index (χ1v) is 8.71. The Kier molecular flexibility index (Phi) is 3.63. The fraction of sp³-hybridized carbons (Fsp3) is 0.0588. The summed E-state index contributed by atoms with van der Waals surface area (Å²) in [5.41, 5.74) is 5.60. The number of thiophene rings is 1. The second-order valence-electron chi connectivity index (χ2n) is 5.08. The Morgan fingerprint density at radius 3 is 2.83 bits per heavy atom. The van der Waals surface area contributed by atoms with E-state index in [0.29, 0.717) is 0 Å². The van der Waals surface area contributed by atoms with Crippen LogP contribution in [0.3, 0.4) is 0 Å². The molecule has 2 aromatic heterocycles. The minimum atomic E-state index is 0.719. The molecule has 0 saturated heterocycles. The highest BCUT2D eigenvalue weighted by Crippen LogP contribution is 2.29. The van der Waals surface area contributed by atoms with Crippen LogP contribution < -0.4 is 5.43 Å². The maximum atomic E-state index is 5.77. The molecule has 0 saturated carbocycles. The number of fused-ring (bicyclic) bond motifs is 1. The van der Waals surface area contributed by atoms with Crippen molar-refractivity contribution in [3.05, 3.63) is 74.3 Å². The number of rotatable bonds is 2. The van der Waals surface area contributed by atoms with Crippen molar-refractivity contribution in [1.82, 2.24) is 5.43 Å². The standard InChI is InChI=1S/C17H12BrN3OS/c1-10-4-7-14(22-10)16-12-9-11(18)5-6-13(12)19-17(21-20-16)15-3-2-8-23-15/h2-9H,1H3,(H,19,21). The molecule has 0 atom stereocenters. The van der Waals surface area contributed by atoms with Crippen LogP contribution in [0.5, 0.6) is 0 Å². The second kappa shape index (κ2) is 5.79. The van der Waals surface area contributed by atoms with Crippen molar-refractivity contribution in [2.45, 2.75) is 6.92 Å². The highest BCUT2D eigenvalue weighted by Gasteiger charge is 2.20. The number of hydrogen-bond donors (Lipinski definition) is 1. The Labute approximate surface area is 145 Å². The van der Waals surface area contributed by atoms with Crippen LogP contribution in [0.2, 0.25) is 0 Å². The number of hydrogen-bond acceptors (Lipinski definition) is 5. The maximum Gasteiger partial charge on any atom is 0.164 e. The molecule has 3 heterocycles. The van der Waals surface area contributed by atoms with Crippen molar-refractivity contribution < 1.29 is 4.42 Å². The Morgan fingerprint density at radius 2 is 2.09 bits per heavy atom. The van der Waals surface area contributed by atoms with Crippen molar-refractivity contribution in [3.63, 3.8) is 0 Å². The Hall–Kier alpha value is -2.18. The van der Waals surface area contributed by atoms with Crippen molar-refractivity contribution in [2.24, 2.45) is 10.1 Å². The van der Waals surface area contributed by atoms with Gasteiger partial charge in [-0.15, -0.1) is 11.3 Å². The molecule has 0 radical (unpaired) electrons. The van der Waals surface area contributed by atoms with Gasteiger partial charge in [-0.1, -0.05) is 22.0 Å². The Morgan fingerprint density at radius 1 is 1.17 bits per heavy atom. The number of amidine groups is 1. The topological polar surface area (TPSA) is 49.9 Å². The molecule has 4 rings (SSSR count). The third kappa shape index (κ3) is 2.75. The van der Waals surface area contributed by atoms with Crippen molar-refractivity contribution in [1.29, 1.82) is 0 Å². The average molecular weight is 386 g/mol. The molecule has 114 valence electrons. The lowest BCUT2D eigenvalue weighted by molar-refractivity contribution is 0.525. The van der Waals surface area contributed by atoms with Gasteiger partial charge in [0.05, 0.1) is 10.6 Å².